The van der Waals surface area contributed by atoms with E-state index < -0.39 is 0 Å². The number of hydrogen-bond acceptors (Lipinski definition) is 6. The molecule has 0 fully saturated rings. The van der Waals surface area contributed by atoms with Crippen LogP contribution in [0.2, 0.25) is 0 Å². The molecule has 2 aromatic rings. The van der Waals surface area contributed by atoms with Crippen molar-refractivity contribution >= 4 is 0 Å². The third-order valence-electron chi connectivity index (χ3n) is 3.11. The Morgan fingerprint density at radius 2 is 1.04 bits per heavy atom. The number of phenolic OH excluding ortho intramolecular Hbond substituents is 3. The van der Waals surface area contributed by atoms with E-state index in [1.807, 2.05) is 0 Å². The third kappa shape index (κ3) is 3.35. The number of hydrogen-bond donors (Lipinski definition) is 3. The molecule has 0 radical (unpaired) electrons. The van der Waals surface area contributed by atoms with Crippen molar-refractivity contribution < 1.29 is 29.5 Å². The van der Waals surface area contributed by atoms with Crippen molar-refractivity contribution in [2.45, 2.75) is 0 Å². The predicted molar refractivity (Wildman–Crippen MR) is 83.5 cm³/mol. The zero-order chi connectivity index (χ0) is 17.0. The predicted octanol–water partition coefficient (Wildman–Crippen LogP) is 2.23. The molecule has 120 valence electrons. The maximum absolute atomic E-state index is 9.86. The summed E-state index contributed by atoms with van der Waals surface area (Å²) in [6.07, 6.45) is 0. The van der Waals surface area contributed by atoms with Gasteiger partial charge in [-0.1, -0.05) is 11.8 Å². The highest BCUT2D eigenvalue weighted by Gasteiger charge is 2.11. The van der Waals surface area contributed by atoms with Gasteiger partial charge in [-0.15, -0.1) is 0 Å². The van der Waals surface area contributed by atoms with E-state index in [-0.39, 0.29) is 34.5 Å². The molecule has 0 aliphatic heterocycles. The highest BCUT2D eigenvalue weighted by molar-refractivity contribution is 5.59. The van der Waals surface area contributed by atoms with Crippen LogP contribution in [0.4, 0.5) is 0 Å². The Balaban J connectivity index is 2.45. The SMILES string of the molecule is COc1cc(C#Cc2cc(OC)c(O)c(OC)c2)cc(O)c1O. The number of methoxy groups -OCH3 is 3. The zero-order valence-corrected chi connectivity index (χ0v) is 12.9. The molecule has 6 heteroatoms. The van der Waals surface area contributed by atoms with Crippen molar-refractivity contribution in [1.29, 1.82) is 0 Å². The van der Waals surface area contributed by atoms with Crippen LogP contribution in [0, 0.1) is 11.8 Å². The van der Waals surface area contributed by atoms with Crippen molar-refractivity contribution in [2.24, 2.45) is 0 Å². The van der Waals surface area contributed by atoms with Gasteiger partial charge < -0.3 is 29.5 Å². The van der Waals surface area contributed by atoms with E-state index in [0.717, 1.165) is 0 Å². The minimum atomic E-state index is -0.342. The number of benzene rings is 2. The molecule has 0 aliphatic carbocycles. The maximum atomic E-state index is 9.86. The summed E-state index contributed by atoms with van der Waals surface area (Å²) in [5, 5.41) is 29.1. The van der Waals surface area contributed by atoms with Crippen molar-refractivity contribution in [2.75, 3.05) is 21.3 Å². The fourth-order valence-corrected chi connectivity index (χ4v) is 1.93. The fourth-order valence-electron chi connectivity index (χ4n) is 1.93. The van der Waals surface area contributed by atoms with Gasteiger partial charge in [0.1, 0.15) is 0 Å². The van der Waals surface area contributed by atoms with E-state index in [1.165, 1.54) is 33.5 Å². The fraction of sp³-hybridized carbons (Fsp3) is 0.176. The Kier molecular flexibility index (Phi) is 4.72. The molecule has 0 spiro atoms. The van der Waals surface area contributed by atoms with Crippen LogP contribution >= 0.6 is 0 Å². The first-order valence-electron chi connectivity index (χ1n) is 6.57. The first-order chi connectivity index (χ1) is 11.0. The van der Waals surface area contributed by atoms with Crippen LogP contribution in [0.3, 0.4) is 0 Å². The van der Waals surface area contributed by atoms with Crippen LogP contribution < -0.4 is 14.2 Å². The molecule has 0 heterocycles. The minimum Gasteiger partial charge on any atom is -0.504 e. The van der Waals surface area contributed by atoms with E-state index in [2.05, 4.69) is 11.8 Å². The van der Waals surface area contributed by atoms with Crippen LogP contribution in [-0.2, 0) is 0 Å². The van der Waals surface area contributed by atoms with E-state index in [9.17, 15) is 15.3 Å². The molecule has 6 nitrogen and oxygen atoms in total. The lowest BCUT2D eigenvalue weighted by molar-refractivity contribution is 0.339. The lowest BCUT2D eigenvalue weighted by Crippen LogP contribution is -1.90. The van der Waals surface area contributed by atoms with Crippen LogP contribution in [-0.4, -0.2) is 36.6 Å². The molecule has 0 atom stereocenters. The topological polar surface area (TPSA) is 88.4 Å². The molecular formula is C17H16O6. The minimum absolute atomic E-state index is 0.107. The van der Waals surface area contributed by atoms with Gasteiger partial charge in [-0.25, -0.2) is 0 Å². The summed E-state index contributed by atoms with van der Waals surface area (Å²) in [6, 6.07) is 5.93. The molecule has 0 aromatic heterocycles. The second kappa shape index (κ2) is 6.71. The first kappa shape index (κ1) is 16.2. The number of phenols is 3. The van der Waals surface area contributed by atoms with E-state index >= 15 is 0 Å². The van der Waals surface area contributed by atoms with Gasteiger partial charge in [0.05, 0.1) is 21.3 Å². The standard InChI is InChI=1S/C17H16O6/c1-21-13-7-10(6-12(18)16(13)19)4-5-11-8-14(22-2)17(20)15(9-11)23-3/h6-9,18-20H,1-3H3. The number of rotatable bonds is 3. The van der Waals surface area contributed by atoms with Crippen molar-refractivity contribution in [3.8, 4) is 46.3 Å². The molecule has 0 bridgehead atoms. The Labute approximate surface area is 133 Å². The van der Waals surface area contributed by atoms with Crippen molar-refractivity contribution in [3.63, 3.8) is 0 Å². The molecule has 0 aliphatic rings. The van der Waals surface area contributed by atoms with E-state index in [4.69, 9.17) is 14.2 Å². The van der Waals surface area contributed by atoms with Crippen LogP contribution in [0.5, 0.6) is 34.5 Å². The molecule has 0 unspecified atom stereocenters. The molecule has 2 aromatic carbocycles. The molecule has 3 N–H and O–H groups in total. The molecule has 0 saturated carbocycles. The van der Waals surface area contributed by atoms with Gasteiger partial charge in [-0.3, -0.25) is 0 Å². The van der Waals surface area contributed by atoms with Crippen LogP contribution in [0.25, 0.3) is 0 Å². The highest BCUT2D eigenvalue weighted by Crippen LogP contribution is 2.37. The Bertz CT molecular complexity index is 761. The Morgan fingerprint density at radius 1 is 0.652 bits per heavy atom. The summed E-state index contributed by atoms with van der Waals surface area (Å²) in [7, 11) is 4.23. The average Bonchev–Trinajstić information content (AvgIpc) is 2.56. The first-order valence-corrected chi connectivity index (χ1v) is 6.57. The quantitative estimate of drug-likeness (QED) is 0.594. The third-order valence-corrected chi connectivity index (χ3v) is 3.11. The largest absolute Gasteiger partial charge is 0.504 e. The highest BCUT2D eigenvalue weighted by atomic mass is 16.5. The number of ether oxygens (including phenoxy) is 3. The smallest absolute Gasteiger partial charge is 0.200 e. The van der Waals surface area contributed by atoms with E-state index in [1.54, 1.807) is 12.1 Å². The molecule has 0 saturated heterocycles. The zero-order valence-electron chi connectivity index (χ0n) is 12.9. The lowest BCUT2D eigenvalue weighted by Gasteiger charge is -2.08. The number of aromatic hydroxyl groups is 3. The van der Waals surface area contributed by atoms with Gasteiger partial charge >= 0.3 is 0 Å². The summed E-state index contributed by atoms with van der Waals surface area (Å²) in [5.74, 6) is 5.52. The van der Waals surface area contributed by atoms with Gasteiger partial charge in [-0.2, -0.15) is 0 Å². The summed E-state index contributed by atoms with van der Waals surface area (Å²) >= 11 is 0. The molecule has 2 rings (SSSR count). The second-order valence-electron chi connectivity index (χ2n) is 4.53. The van der Waals surface area contributed by atoms with Gasteiger partial charge in [0.15, 0.2) is 23.0 Å². The second-order valence-corrected chi connectivity index (χ2v) is 4.53. The lowest BCUT2D eigenvalue weighted by atomic mass is 10.1. The molecule has 0 amide bonds. The monoisotopic (exact) mass is 316 g/mol. The summed E-state index contributed by atoms with van der Waals surface area (Å²) in [5.41, 5.74) is 0.992. The van der Waals surface area contributed by atoms with Gasteiger partial charge in [0.25, 0.3) is 0 Å². The van der Waals surface area contributed by atoms with Gasteiger partial charge in [-0.05, 0) is 24.3 Å². The summed E-state index contributed by atoms with van der Waals surface area (Å²) < 4.78 is 15.1. The van der Waals surface area contributed by atoms with Gasteiger partial charge in [0, 0.05) is 11.1 Å². The molecule has 23 heavy (non-hydrogen) atoms. The van der Waals surface area contributed by atoms with Crippen LogP contribution in [0.1, 0.15) is 11.1 Å². The Morgan fingerprint density at radius 3 is 1.48 bits per heavy atom. The van der Waals surface area contributed by atoms with Crippen LogP contribution in [0.15, 0.2) is 24.3 Å². The summed E-state index contributed by atoms with van der Waals surface area (Å²) in [4.78, 5) is 0. The van der Waals surface area contributed by atoms with Crippen molar-refractivity contribution in [3.05, 3.63) is 35.4 Å². The van der Waals surface area contributed by atoms with Gasteiger partial charge in [0.2, 0.25) is 11.5 Å². The average molecular weight is 316 g/mol. The normalized spacial score (nSPS) is 9.70. The van der Waals surface area contributed by atoms with Crippen molar-refractivity contribution in [1.82, 2.24) is 0 Å². The maximum Gasteiger partial charge on any atom is 0.200 e. The van der Waals surface area contributed by atoms with E-state index in [0.29, 0.717) is 11.1 Å². The summed E-state index contributed by atoms with van der Waals surface area (Å²) in [6.45, 7) is 0. The Hall–Kier alpha value is -3.20. The molecular weight excluding hydrogens is 300 g/mol.